The van der Waals surface area contributed by atoms with Gasteiger partial charge in [-0.15, -0.1) is 0 Å². The first-order valence-corrected chi connectivity index (χ1v) is 13.4. The van der Waals surface area contributed by atoms with Gasteiger partial charge in [-0.2, -0.15) is 0 Å². The van der Waals surface area contributed by atoms with Gasteiger partial charge < -0.3 is 9.47 Å². The minimum absolute atomic E-state index is 0.131. The topological polar surface area (TPSA) is 52.6 Å². The molecule has 1 aliphatic carbocycles. The summed E-state index contributed by atoms with van der Waals surface area (Å²) in [6.45, 7) is 5.43. The highest BCUT2D eigenvalue weighted by Crippen LogP contribution is 2.38. The first-order valence-electron chi connectivity index (χ1n) is 11.8. The van der Waals surface area contributed by atoms with Crippen molar-refractivity contribution in [2.75, 3.05) is 13.2 Å². The lowest BCUT2D eigenvalue weighted by atomic mass is 9.82. The molecule has 0 unspecified atom stereocenters. The summed E-state index contributed by atoms with van der Waals surface area (Å²) in [5, 5.41) is 0. The highest BCUT2D eigenvalue weighted by Gasteiger charge is 2.35. The number of benzene rings is 2. The lowest BCUT2D eigenvalue weighted by Gasteiger charge is -2.23. The molecule has 0 bridgehead atoms. The number of carbonyl (C=O) groups is 2. The van der Waals surface area contributed by atoms with E-state index < -0.39 is 0 Å². The van der Waals surface area contributed by atoms with Crippen molar-refractivity contribution in [1.29, 1.82) is 0 Å². The third kappa shape index (κ3) is 5.72. The fourth-order valence-corrected chi connectivity index (χ4v) is 4.48. The Balaban J connectivity index is 1.90. The maximum absolute atomic E-state index is 13.7. The third-order valence-corrected chi connectivity index (χ3v) is 6.68. The summed E-state index contributed by atoms with van der Waals surface area (Å²) in [5.41, 5.74) is 2.61. The number of unbranched alkanes of at least 4 members (excludes halogenated alkanes) is 6. The van der Waals surface area contributed by atoms with Crippen LogP contribution in [-0.4, -0.2) is 24.8 Å². The van der Waals surface area contributed by atoms with Crippen LogP contribution in [0.15, 0.2) is 30.3 Å². The lowest BCUT2D eigenvalue weighted by Crippen LogP contribution is -2.23. The minimum atomic E-state index is -0.178. The Morgan fingerprint density at radius 3 is 1.97 bits per heavy atom. The summed E-state index contributed by atoms with van der Waals surface area (Å²) in [6, 6.07) is 9.07. The van der Waals surface area contributed by atoms with Gasteiger partial charge in [-0.1, -0.05) is 87.1 Å². The largest absolute Gasteiger partial charge is 0.493 e. The average Bonchev–Trinajstić information content (AvgIpc) is 2.81. The number of hydrogen-bond acceptors (Lipinski definition) is 4. The highest BCUT2D eigenvalue weighted by atomic mass is 127. The Hall–Kier alpha value is -1.89. The zero-order chi connectivity index (χ0) is 22.9. The van der Waals surface area contributed by atoms with Crippen molar-refractivity contribution in [1.82, 2.24) is 0 Å². The summed E-state index contributed by atoms with van der Waals surface area (Å²) in [4.78, 5) is 27.0. The van der Waals surface area contributed by atoms with Crippen LogP contribution in [0, 0.1) is 0 Å². The second-order valence-electron chi connectivity index (χ2n) is 8.31. The number of halogens is 1. The first kappa shape index (κ1) is 24.7. The van der Waals surface area contributed by atoms with Gasteiger partial charge in [0.15, 0.2) is 5.78 Å². The molecule has 0 aliphatic heterocycles. The van der Waals surface area contributed by atoms with E-state index in [0.29, 0.717) is 47.0 Å². The van der Waals surface area contributed by atoms with Gasteiger partial charge in [-0.05, 0) is 36.6 Å². The molecule has 0 saturated carbocycles. The molecule has 1 aliphatic rings. The molecule has 0 radical (unpaired) electrons. The molecule has 0 saturated heterocycles. The monoisotopic (exact) mass is 548 g/mol. The number of hydrogen-bond donors (Lipinski definition) is 0. The SMILES string of the molecule is CCCCCCOc1cccc2c1C(=O)c1c(OCCCCCC)cc(CI)cc1C2=O. The van der Waals surface area contributed by atoms with Gasteiger partial charge in [-0.3, -0.25) is 9.59 Å². The van der Waals surface area contributed by atoms with Gasteiger partial charge in [0.1, 0.15) is 11.5 Å². The number of carbonyl (C=O) groups excluding carboxylic acids is 2. The quantitative estimate of drug-likeness (QED) is 0.128. The van der Waals surface area contributed by atoms with Crippen molar-refractivity contribution < 1.29 is 19.1 Å². The molecule has 5 heteroatoms. The number of alkyl halides is 1. The molecular formula is C27H33IO4. The third-order valence-electron chi connectivity index (χ3n) is 5.80. The molecule has 3 rings (SSSR count). The number of ether oxygens (including phenoxy) is 2. The van der Waals surface area contributed by atoms with Crippen LogP contribution in [0.1, 0.15) is 103 Å². The fourth-order valence-electron chi connectivity index (χ4n) is 4.04. The van der Waals surface area contributed by atoms with Crippen molar-refractivity contribution in [3.8, 4) is 11.5 Å². The van der Waals surface area contributed by atoms with Crippen LogP contribution >= 0.6 is 22.6 Å². The highest BCUT2D eigenvalue weighted by molar-refractivity contribution is 14.1. The molecule has 172 valence electrons. The van der Waals surface area contributed by atoms with E-state index >= 15 is 0 Å². The van der Waals surface area contributed by atoms with Crippen LogP contribution in [0.25, 0.3) is 0 Å². The molecule has 0 fully saturated rings. The normalized spacial score (nSPS) is 12.5. The van der Waals surface area contributed by atoms with E-state index in [0.717, 1.165) is 48.5 Å². The molecule has 0 aromatic heterocycles. The molecule has 0 atom stereocenters. The fraction of sp³-hybridized carbons (Fsp3) is 0.481. The summed E-state index contributed by atoms with van der Waals surface area (Å²) in [7, 11) is 0. The predicted molar refractivity (Wildman–Crippen MR) is 137 cm³/mol. The van der Waals surface area contributed by atoms with Crippen LogP contribution in [0.2, 0.25) is 0 Å². The molecule has 0 heterocycles. The second kappa shape index (κ2) is 12.4. The van der Waals surface area contributed by atoms with E-state index in [9.17, 15) is 9.59 Å². The number of fused-ring (bicyclic) bond motifs is 2. The first-order chi connectivity index (χ1) is 15.6. The van der Waals surface area contributed by atoms with Crippen molar-refractivity contribution >= 4 is 34.2 Å². The second-order valence-corrected chi connectivity index (χ2v) is 9.07. The number of rotatable bonds is 13. The standard InChI is InChI=1S/C27H33IO4/c1-3-5-7-9-14-31-22-13-11-12-20-24(22)27(30)25-21(26(20)29)16-19(18-28)17-23(25)32-15-10-8-6-4-2/h11-13,16-17H,3-10,14-15,18H2,1-2H3. The van der Waals surface area contributed by atoms with Crippen molar-refractivity contribution in [2.45, 2.75) is 69.6 Å². The van der Waals surface area contributed by atoms with Gasteiger partial charge in [0, 0.05) is 15.6 Å². The Kier molecular flexibility index (Phi) is 9.57. The van der Waals surface area contributed by atoms with Crippen LogP contribution in [-0.2, 0) is 4.43 Å². The Morgan fingerprint density at radius 2 is 1.34 bits per heavy atom. The molecule has 0 spiro atoms. The van der Waals surface area contributed by atoms with Gasteiger partial charge >= 0.3 is 0 Å². The molecular weight excluding hydrogens is 515 g/mol. The predicted octanol–water partition coefficient (Wildman–Crippen LogP) is 7.32. The molecule has 32 heavy (non-hydrogen) atoms. The summed E-state index contributed by atoms with van der Waals surface area (Å²) in [5.74, 6) is 0.707. The van der Waals surface area contributed by atoms with Crippen molar-refractivity contribution in [3.05, 3.63) is 58.1 Å². The van der Waals surface area contributed by atoms with Gasteiger partial charge in [-0.25, -0.2) is 0 Å². The Bertz CT molecular complexity index is 951. The molecule has 0 amide bonds. The maximum atomic E-state index is 13.7. The van der Waals surface area contributed by atoms with E-state index in [1.54, 1.807) is 18.2 Å². The van der Waals surface area contributed by atoms with Gasteiger partial charge in [0.05, 0.1) is 24.3 Å². The summed E-state index contributed by atoms with van der Waals surface area (Å²) < 4.78 is 12.8. The van der Waals surface area contributed by atoms with Gasteiger partial charge in [0.25, 0.3) is 0 Å². The van der Waals surface area contributed by atoms with Crippen LogP contribution in [0.5, 0.6) is 11.5 Å². The lowest BCUT2D eigenvalue weighted by molar-refractivity contribution is 0.0971. The van der Waals surface area contributed by atoms with Crippen molar-refractivity contribution in [2.24, 2.45) is 0 Å². The van der Waals surface area contributed by atoms with Crippen LogP contribution in [0.4, 0.5) is 0 Å². The molecule has 2 aromatic rings. The van der Waals surface area contributed by atoms with Crippen LogP contribution in [0.3, 0.4) is 0 Å². The van der Waals surface area contributed by atoms with Crippen LogP contribution < -0.4 is 9.47 Å². The van der Waals surface area contributed by atoms with E-state index in [-0.39, 0.29) is 11.6 Å². The summed E-state index contributed by atoms with van der Waals surface area (Å²) >= 11 is 2.27. The maximum Gasteiger partial charge on any atom is 0.201 e. The average molecular weight is 548 g/mol. The Morgan fingerprint density at radius 1 is 0.719 bits per heavy atom. The number of ketones is 2. The molecule has 4 nitrogen and oxygen atoms in total. The molecule has 2 aromatic carbocycles. The molecule has 0 N–H and O–H groups in total. The van der Waals surface area contributed by atoms with E-state index in [2.05, 4.69) is 36.4 Å². The zero-order valence-corrected chi connectivity index (χ0v) is 21.3. The summed E-state index contributed by atoms with van der Waals surface area (Å²) in [6.07, 6.45) is 8.70. The van der Waals surface area contributed by atoms with Crippen molar-refractivity contribution in [3.63, 3.8) is 0 Å². The smallest absolute Gasteiger partial charge is 0.201 e. The zero-order valence-electron chi connectivity index (χ0n) is 19.2. The van der Waals surface area contributed by atoms with E-state index in [1.807, 2.05) is 12.1 Å². The van der Waals surface area contributed by atoms with Gasteiger partial charge in [0.2, 0.25) is 5.78 Å². The minimum Gasteiger partial charge on any atom is -0.493 e. The Labute approximate surface area is 205 Å². The van der Waals surface area contributed by atoms with E-state index in [4.69, 9.17) is 9.47 Å². The van der Waals surface area contributed by atoms with E-state index in [1.165, 1.54) is 12.8 Å².